The fourth-order valence-corrected chi connectivity index (χ4v) is 5.75. The first-order valence-corrected chi connectivity index (χ1v) is 11.6. The second kappa shape index (κ2) is 9.20. The van der Waals surface area contributed by atoms with Crippen LogP contribution in [0.25, 0.3) is 10.1 Å². The van der Waals surface area contributed by atoms with Crippen LogP contribution in [0.1, 0.15) is 26.7 Å². The van der Waals surface area contributed by atoms with Crippen molar-refractivity contribution in [2.45, 2.75) is 31.6 Å². The Balaban J connectivity index is 0.00000225. The minimum Gasteiger partial charge on any atom is -0.353 e. The van der Waals surface area contributed by atoms with Crippen LogP contribution in [0.4, 0.5) is 5.82 Å². The third kappa shape index (κ3) is 4.58. The second-order valence-corrected chi connectivity index (χ2v) is 10.2. The normalized spacial score (nSPS) is 20.0. The van der Waals surface area contributed by atoms with Crippen molar-refractivity contribution < 1.29 is 4.79 Å². The first-order valence-electron chi connectivity index (χ1n) is 9.81. The largest absolute Gasteiger partial charge is 0.353 e. The van der Waals surface area contributed by atoms with Crippen molar-refractivity contribution in [2.24, 2.45) is 0 Å². The van der Waals surface area contributed by atoms with E-state index in [1.165, 1.54) is 10.1 Å². The molecule has 0 bridgehead atoms. The van der Waals surface area contributed by atoms with Gasteiger partial charge in [0.2, 0.25) is 5.91 Å². The molecular weight excluding hydrogens is 412 g/mol. The molecule has 2 fully saturated rings. The lowest BCUT2D eigenvalue weighted by Crippen LogP contribution is -2.47. The average molecular weight is 441 g/mol. The molecule has 1 amide bonds. The minimum absolute atomic E-state index is 0. The lowest BCUT2D eigenvalue weighted by atomic mass is 10.2. The van der Waals surface area contributed by atoms with Gasteiger partial charge in [-0.3, -0.25) is 9.69 Å². The summed E-state index contributed by atoms with van der Waals surface area (Å²) in [6.45, 7) is 10.6. The van der Waals surface area contributed by atoms with E-state index in [2.05, 4.69) is 52.8 Å². The molecule has 4 rings (SSSR count). The lowest BCUT2D eigenvalue weighted by molar-refractivity contribution is -0.129. The highest BCUT2D eigenvalue weighted by atomic mass is 35.5. The van der Waals surface area contributed by atoms with E-state index in [1.54, 1.807) is 23.3 Å². The Morgan fingerprint density at radius 3 is 2.50 bits per heavy atom. The van der Waals surface area contributed by atoms with Gasteiger partial charge >= 0.3 is 0 Å². The van der Waals surface area contributed by atoms with Crippen LogP contribution < -0.4 is 4.90 Å². The number of benzene rings is 1. The molecule has 0 atom stereocenters. The van der Waals surface area contributed by atoms with Gasteiger partial charge in [0, 0.05) is 38.1 Å². The number of thioether (sulfide) groups is 1. The number of hydrogen-bond acceptors (Lipinski definition) is 6. The number of rotatable bonds is 6. The van der Waals surface area contributed by atoms with E-state index in [1.807, 2.05) is 0 Å². The van der Waals surface area contributed by atoms with Crippen LogP contribution >= 0.6 is 35.7 Å². The van der Waals surface area contributed by atoms with Gasteiger partial charge in [-0.05, 0) is 56.9 Å². The minimum atomic E-state index is -0.0288. The quantitative estimate of drug-likeness (QED) is 0.636. The predicted octanol–water partition coefficient (Wildman–Crippen LogP) is 3.93. The van der Waals surface area contributed by atoms with Crippen LogP contribution in [-0.2, 0) is 4.79 Å². The molecule has 2 aromatic rings. The predicted molar refractivity (Wildman–Crippen MR) is 123 cm³/mol. The molecule has 3 heterocycles. The number of halogens is 1. The number of carbonyl (C=O) groups excluding carboxylic acids is 1. The average Bonchev–Trinajstić information content (AvgIpc) is 3.21. The Kier molecular flexibility index (Phi) is 7.12. The molecular formula is C20H29ClN4OS2. The molecule has 0 N–H and O–H groups in total. The van der Waals surface area contributed by atoms with Crippen LogP contribution in [0.5, 0.6) is 0 Å². The number of carbonyl (C=O) groups is 1. The van der Waals surface area contributed by atoms with Crippen molar-refractivity contribution in [1.29, 1.82) is 0 Å². The van der Waals surface area contributed by atoms with Crippen molar-refractivity contribution in [1.82, 2.24) is 14.2 Å². The molecule has 154 valence electrons. The summed E-state index contributed by atoms with van der Waals surface area (Å²) in [7, 11) is 0. The van der Waals surface area contributed by atoms with Gasteiger partial charge in [0.1, 0.15) is 5.82 Å². The van der Waals surface area contributed by atoms with Gasteiger partial charge in [0.25, 0.3) is 0 Å². The molecule has 0 unspecified atom stereocenters. The molecule has 1 aromatic heterocycles. The zero-order valence-electron chi connectivity index (χ0n) is 16.6. The zero-order valence-corrected chi connectivity index (χ0v) is 19.0. The summed E-state index contributed by atoms with van der Waals surface area (Å²) in [5, 5.41) is 1.28. The van der Waals surface area contributed by atoms with E-state index in [9.17, 15) is 4.79 Å². The smallest absolute Gasteiger partial charge is 0.233 e. The SMILES string of the molecule is CC1(C)SCC(=O)N1CCCCN1CCN(c2nsc3ccccc23)CC1.Cl. The van der Waals surface area contributed by atoms with Crippen LogP contribution in [0.2, 0.25) is 0 Å². The van der Waals surface area contributed by atoms with Gasteiger partial charge in [0.05, 0.1) is 15.3 Å². The van der Waals surface area contributed by atoms with Crippen molar-refractivity contribution in [3.63, 3.8) is 0 Å². The van der Waals surface area contributed by atoms with Crippen molar-refractivity contribution in [3.05, 3.63) is 24.3 Å². The van der Waals surface area contributed by atoms with Gasteiger partial charge < -0.3 is 9.80 Å². The summed E-state index contributed by atoms with van der Waals surface area (Å²) in [5.74, 6) is 2.09. The monoisotopic (exact) mass is 440 g/mol. The number of unbranched alkanes of at least 4 members (excludes halogenated alkanes) is 1. The summed E-state index contributed by atoms with van der Waals surface area (Å²) >= 11 is 3.35. The van der Waals surface area contributed by atoms with Gasteiger partial charge in [-0.25, -0.2) is 0 Å². The van der Waals surface area contributed by atoms with Crippen molar-refractivity contribution in [3.8, 4) is 0 Å². The summed E-state index contributed by atoms with van der Waals surface area (Å²) in [6.07, 6.45) is 2.25. The molecule has 0 spiro atoms. The van der Waals surface area contributed by atoms with E-state index in [-0.39, 0.29) is 17.3 Å². The Morgan fingerprint density at radius 1 is 1.07 bits per heavy atom. The molecule has 0 saturated carbocycles. The van der Waals surface area contributed by atoms with Crippen LogP contribution in [0.3, 0.4) is 0 Å². The number of anilines is 1. The summed E-state index contributed by atoms with van der Waals surface area (Å²) < 4.78 is 5.96. The second-order valence-electron chi connectivity index (χ2n) is 7.82. The summed E-state index contributed by atoms with van der Waals surface area (Å²) in [4.78, 5) is 19.0. The zero-order chi connectivity index (χ0) is 18.9. The summed E-state index contributed by atoms with van der Waals surface area (Å²) in [6, 6.07) is 8.51. The molecule has 2 aliphatic heterocycles. The highest BCUT2D eigenvalue weighted by Gasteiger charge is 2.37. The topological polar surface area (TPSA) is 39.7 Å². The van der Waals surface area contributed by atoms with E-state index in [0.717, 1.165) is 57.9 Å². The molecule has 1 aromatic carbocycles. The van der Waals surface area contributed by atoms with E-state index >= 15 is 0 Å². The Bertz CT molecular complexity index is 804. The molecule has 8 heteroatoms. The lowest BCUT2D eigenvalue weighted by Gasteiger charge is -2.35. The molecule has 28 heavy (non-hydrogen) atoms. The van der Waals surface area contributed by atoms with E-state index in [4.69, 9.17) is 4.37 Å². The highest BCUT2D eigenvalue weighted by molar-refractivity contribution is 8.01. The van der Waals surface area contributed by atoms with Gasteiger partial charge in [-0.15, -0.1) is 24.2 Å². The van der Waals surface area contributed by atoms with Gasteiger partial charge in [-0.1, -0.05) is 12.1 Å². The third-order valence-corrected chi connectivity index (χ3v) is 7.77. The van der Waals surface area contributed by atoms with Crippen LogP contribution in [0, 0.1) is 0 Å². The standard InChI is InChI=1S/C20H28N4OS2.ClH/c1-20(2)24(18(25)15-26-20)10-6-5-9-22-11-13-23(14-12-22)19-16-7-3-4-8-17(16)27-21-19;/h3-4,7-8H,5-6,9-15H2,1-2H3;1H. The number of piperazine rings is 1. The molecule has 2 aliphatic rings. The van der Waals surface area contributed by atoms with E-state index < -0.39 is 0 Å². The number of nitrogens with zero attached hydrogens (tertiary/aromatic N) is 4. The molecule has 2 saturated heterocycles. The van der Waals surface area contributed by atoms with Crippen molar-refractivity contribution >= 4 is 57.5 Å². The molecule has 0 aliphatic carbocycles. The maximum atomic E-state index is 12.0. The molecule has 0 radical (unpaired) electrons. The molecule has 5 nitrogen and oxygen atoms in total. The van der Waals surface area contributed by atoms with Gasteiger partial charge in [0.15, 0.2) is 0 Å². The van der Waals surface area contributed by atoms with E-state index in [0.29, 0.717) is 11.7 Å². The number of amides is 1. The van der Waals surface area contributed by atoms with Gasteiger partial charge in [-0.2, -0.15) is 4.37 Å². The number of hydrogen-bond donors (Lipinski definition) is 0. The number of fused-ring (bicyclic) bond motifs is 1. The first-order chi connectivity index (χ1) is 13.0. The summed E-state index contributed by atoms with van der Waals surface area (Å²) in [5.41, 5.74) is 0. The maximum Gasteiger partial charge on any atom is 0.233 e. The highest BCUT2D eigenvalue weighted by Crippen LogP contribution is 2.35. The third-order valence-electron chi connectivity index (χ3n) is 5.64. The van der Waals surface area contributed by atoms with Crippen molar-refractivity contribution in [2.75, 3.05) is 49.9 Å². The maximum absolute atomic E-state index is 12.0. The first kappa shape index (κ1) is 21.7. The fraction of sp³-hybridized carbons (Fsp3) is 0.600. The Hall–Kier alpha value is -1.02. The Labute approximate surface area is 182 Å². The van der Waals surface area contributed by atoms with Crippen LogP contribution in [0.15, 0.2) is 24.3 Å². The Morgan fingerprint density at radius 2 is 1.79 bits per heavy atom. The van der Waals surface area contributed by atoms with Crippen LogP contribution in [-0.4, -0.2) is 70.0 Å². The fourth-order valence-electron chi connectivity index (χ4n) is 3.98. The number of aromatic nitrogens is 1.